The van der Waals surface area contributed by atoms with Crippen molar-refractivity contribution >= 4 is 17.0 Å². The number of nitrogens with one attached hydrogen (secondary N) is 1. The van der Waals surface area contributed by atoms with E-state index < -0.39 is 0 Å². The van der Waals surface area contributed by atoms with Crippen LogP contribution in [0.5, 0.6) is 0 Å². The number of fused-ring (bicyclic) bond motifs is 1. The molecule has 5 nitrogen and oxygen atoms in total. The van der Waals surface area contributed by atoms with Gasteiger partial charge in [0.05, 0.1) is 6.04 Å². The summed E-state index contributed by atoms with van der Waals surface area (Å²) in [6, 6.07) is 6.87. The van der Waals surface area contributed by atoms with Crippen molar-refractivity contribution in [1.82, 2.24) is 14.8 Å². The van der Waals surface area contributed by atoms with E-state index in [0.29, 0.717) is 0 Å². The Morgan fingerprint density at radius 2 is 2.08 bits per heavy atom. The molecule has 5 heteroatoms. The maximum Gasteiger partial charge on any atom is 0.408 e. The summed E-state index contributed by atoms with van der Waals surface area (Å²) in [4.78, 5) is 14.2. The average molecular weight is 355 g/mol. The zero-order valence-corrected chi connectivity index (χ0v) is 16.0. The van der Waals surface area contributed by atoms with Gasteiger partial charge in [-0.3, -0.25) is 0 Å². The highest BCUT2D eigenvalue weighted by atomic mass is 16.6. The van der Waals surface area contributed by atoms with E-state index in [-0.39, 0.29) is 17.7 Å². The number of alkyl carbamates (subject to hydrolysis) is 1. The molecule has 0 aliphatic carbocycles. The third kappa shape index (κ3) is 2.98. The molecule has 1 amide bonds. The largest absolute Gasteiger partial charge is 0.441 e. The fraction of sp³-hybridized carbons (Fsp3) is 0.571. The van der Waals surface area contributed by atoms with Crippen LogP contribution >= 0.6 is 0 Å². The fourth-order valence-corrected chi connectivity index (χ4v) is 4.69. The predicted octanol–water partition coefficient (Wildman–Crippen LogP) is 3.38. The molecule has 0 radical (unpaired) electrons. The number of ether oxygens (including phenoxy) is 1. The van der Waals surface area contributed by atoms with Crippen LogP contribution in [0.2, 0.25) is 0 Å². The number of carbonyl (C=O) groups excluding carboxylic acids is 1. The number of benzene rings is 1. The molecule has 1 aromatic heterocycles. The fourth-order valence-electron chi connectivity index (χ4n) is 4.69. The second-order valence-corrected chi connectivity index (χ2v) is 7.94. The minimum atomic E-state index is -0.278. The van der Waals surface area contributed by atoms with Crippen molar-refractivity contribution in [3.05, 3.63) is 35.5 Å². The van der Waals surface area contributed by atoms with Crippen LogP contribution < -0.4 is 5.32 Å². The standard InChI is InChI=1S/C21H29N3O2/c1-4-19-21(26-20(25)22-19)8-11-24(12-9-21)10-7-16-14-23(3)18-13-15(2)5-6-17(16)18/h5-6,13-14,19H,4,7-12H2,1-3H3,(H,22,25). The van der Waals surface area contributed by atoms with Gasteiger partial charge in [-0.05, 0) is 37.0 Å². The van der Waals surface area contributed by atoms with Gasteiger partial charge in [0.15, 0.2) is 0 Å². The molecule has 2 saturated heterocycles. The Bertz CT molecular complexity index is 818. The number of carbonyl (C=O) groups is 1. The minimum Gasteiger partial charge on any atom is -0.441 e. The van der Waals surface area contributed by atoms with Crippen LogP contribution in [0.15, 0.2) is 24.4 Å². The lowest BCUT2D eigenvalue weighted by Crippen LogP contribution is -2.51. The summed E-state index contributed by atoms with van der Waals surface area (Å²) in [7, 11) is 2.13. The molecule has 1 aromatic carbocycles. The van der Waals surface area contributed by atoms with Crippen LogP contribution in [0.3, 0.4) is 0 Å². The van der Waals surface area contributed by atoms with Crippen molar-refractivity contribution in [2.45, 2.75) is 51.2 Å². The van der Waals surface area contributed by atoms with Gasteiger partial charge in [0.2, 0.25) is 0 Å². The Hall–Kier alpha value is -2.01. The van der Waals surface area contributed by atoms with Crippen LogP contribution in [0.1, 0.15) is 37.3 Å². The second-order valence-electron chi connectivity index (χ2n) is 7.94. The summed E-state index contributed by atoms with van der Waals surface area (Å²) in [6.07, 6.45) is 5.88. The smallest absolute Gasteiger partial charge is 0.408 e. The molecule has 2 aromatic rings. The lowest BCUT2D eigenvalue weighted by molar-refractivity contribution is -0.0188. The number of aryl methyl sites for hydroxylation is 2. The van der Waals surface area contributed by atoms with Crippen LogP contribution in [0, 0.1) is 6.92 Å². The van der Waals surface area contributed by atoms with Crippen molar-refractivity contribution in [3.8, 4) is 0 Å². The van der Waals surface area contributed by atoms with E-state index in [2.05, 4.69) is 60.1 Å². The summed E-state index contributed by atoms with van der Waals surface area (Å²) in [5, 5.41) is 4.35. The van der Waals surface area contributed by atoms with Crippen molar-refractivity contribution in [1.29, 1.82) is 0 Å². The normalized spacial score (nSPS) is 22.7. The first-order chi connectivity index (χ1) is 12.5. The van der Waals surface area contributed by atoms with E-state index in [1.165, 1.54) is 22.0 Å². The van der Waals surface area contributed by atoms with Crippen LogP contribution in [-0.2, 0) is 18.2 Å². The van der Waals surface area contributed by atoms with Crippen molar-refractivity contribution in [2.75, 3.05) is 19.6 Å². The van der Waals surface area contributed by atoms with Gasteiger partial charge >= 0.3 is 6.09 Å². The molecule has 140 valence electrons. The maximum atomic E-state index is 11.7. The molecule has 0 bridgehead atoms. The molecular formula is C21H29N3O2. The van der Waals surface area contributed by atoms with Gasteiger partial charge in [-0.25, -0.2) is 4.79 Å². The first-order valence-corrected chi connectivity index (χ1v) is 9.77. The van der Waals surface area contributed by atoms with E-state index in [0.717, 1.165) is 45.3 Å². The number of piperidine rings is 1. The van der Waals surface area contributed by atoms with Gasteiger partial charge in [-0.15, -0.1) is 0 Å². The third-order valence-electron chi connectivity index (χ3n) is 6.26. The SMILES string of the molecule is CCC1NC(=O)OC12CCN(CCc1cn(C)c3cc(C)ccc13)CC2. The quantitative estimate of drug-likeness (QED) is 0.914. The summed E-state index contributed by atoms with van der Waals surface area (Å²) in [5.41, 5.74) is 3.76. The molecule has 1 spiro atoms. The van der Waals surface area contributed by atoms with E-state index in [4.69, 9.17) is 4.74 Å². The van der Waals surface area contributed by atoms with E-state index in [1.54, 1.807) is 0 Å². The van der Waals surface area contributed by atoms with Crippen LogP contribution in [0.25, 0.3) is 10.9 Å². The molecule has 3 heterocycles. The number of hydrogen-bond donors (Lipinski definition) is 1. The van der Waals surface area contributed by atoms with Crippen molar-refractivity contribution in [2.24, 2.45) is 7.05 Å². The Morgan fingerprint density at radius 3 is 2.81 bits per heavy atom. The lowest BCUT2D eigenvalue weighted by Gasteiger charge is -2.40. The lowest BCUT2D eigenvalue weighted by atomic mass is 9.83. The predicted molar refractivity (Wildman–Crippen MR) is 103 cm³/mol. The highest BCUT2D eigenvalue weighted by Crippen LogP contribution is 2.35. The summed E-state index contributed by atoms with van der Waals surface area (Å²) >= 11 is 0. The number of rotatable bonds is 4. The molecule has 1 unspecified atom stereocenters. The maximum absolute atomic E-state index is 11.7. The average Bonchev–Trinajstić information content (AvgIpc) is 3.11. The number of aromatic nitrogens is 1. The third-order valence-corrected chi connectivity index (χ3v) is 6.26. The molecule has 2 aliphatic rings. The Morgan fingerprint density at radius 1 is 1.31 bits per heavy atom. The van der Waals surface area contributed by atoms with Crippen molar-refractivity contribution < 1.29 is 9.53 Å². The number of nitrogens with zero attached hydrogens (tertiary/aromatic N) is 2. The van der Waals surface area contributed by atoms with Crippen LogP contribution in [-0.4, -0.2) is 46.8 Å². The second kappa shape index (κ2) is 6.62. The molecule has 2 aliphatic heterocycles. The van der Waals surface area contributed by atoms with Crippen molar-refractivity contribution in [3.63, 3.8) is 0 Å². The van der Waals surface area contributed by atoms with Gasteiger partial charge in [-0.1, -0.05) is 19.1 Å². The van der Waals surface area contributed by atoms with E-state index >= 15 is 0 Å². The summed E-state index contributed by atoms with van der Waals surface area (Å²) in [6.45, 7) is 7.31. The summed E-state index contributed by atoms with van der Waals surface area (Å²) < 4.78 is 7.93. The van der Waals surface area contributed by atoms with Gasteiger partial charge in [-0.2, -0.15) is 0 Å². The highest BCUT2D eigenvalue weighted by molar-refractivity contribution is 5.84. The zero-order valence-electron chi connectivity index (χ0n) is 16.0. The Labute approximate surface area is 155 Å². The van der Waals surface area contributed by atoms with Crippen LogP contribution in [0.4, 0.5) is 4.79 Å². The Kier molecular flexibility index (Phi) is 4.43. The van der Waals surface area contributed by atoms with Gasteiger partial charge in [0.25, 0.3) is 0 Å². The minimum absolute atomic E-state index is 0.165. The highest BCUT2D eigenvalue weighted by Gasteiger charge is 2.49. The number of amides is 1. The first kappa shape index (κ1) is 17.4. The number of hydrogen-bond acceptors (Lipinski definition) is 3. The molecule has 4 rings (SSSR count). The van der Waals surface area contributed by atoms with E-state index in [9.17, 15) is 4.79 Å². The van der Waals surface area contributed by atoms with E-state index in [1.807, 2.05) is 0 Å². The summed E-state index contributed by atoms with van der Waals surface area (Å²) in [5.74, 6) is 0. The molecule has 1 N–H and O–H groups in total. The molecule has 0 saturated carbocycles. The monoisotopic (exact) mass is 355 g/mol. The first-order valence-electron chi connectivity index (χ1n) is 9.77. The number of likely N-dealkylation sites (tertiary alicyclic amines) is 1. The molecule has 2 fully saturated rings. The van der Waals surface area contributed by atoms with Gasteiger partial charge in [0, 0.05) is 56.6 Å². The topological polar surface area (TPSA) is 46.5 Å². The molecule has 1 atom stereocenters. The van der Waals surface area contributed by atoms with Gasteiger partial charge < -0.3 is 19.5 Å². The zero-order chi connectivity index (χ0) is 18.3. The molecule has 26 heavy (non-hydrogen) atoms. The molecular weight excluding hydrogens is 326 g/mol. The Balaban J connectivity index is 1.39. The van der Waals surface area contributed by atoms with Gasteiger partial charge in [0.1, 0.15) is 5.60 Å².